The molecule has 3 aromatic rings. The molecule has 1 aliphatic heterocycles. The number of pyridine rings is 1. The number of aromatic nitrogens is 3. The molecule has 1 aliphatic carbocycles. The van der Waals surface area contributed by atoms with Crippen molar-refractivity contribution in [2.75, 3.05) is 20.3 Å². The number of H-pyrrole nitrogens is 1. The third-order valence-corrected chi connectivity index (χ3v) is 6.43. The summed E-state index contributed by atoms with van der Waals surface area (Å²) < 4.78 is 17.1. The van der Waals surface area contributed by atoms with Gasteiger partial charge in [0, 0.05) is 43.2 Å². The molecule has 8 heteroatoms. The summed E-state index contributed by atoms with van der Waals surface area (Å²) in [6.45, 7) is 2.16. The van der Waals surface area contributed by atoms with E-state index in [0.717, 1.165) is 54.5 Å². The number of hydrogen-bond donors (Lipinski definition) is 1. The standard InChI is InChI=1S/C26H30N4O4/c1-32-24-13-18(8-9-23(24)34-20-10-12-33-17-20)15-30(16-19-5-4-11-27-14-19)26(31)25-21-6-2-3-7-22(21)28-29-25/h4-5,8-9,11,13-14,20H,2-3,6-7,10,12,15-17H2,1H3,(H,28,29). The summed E-state index contributed by atoms with van der Waals surface area (Å²) >= 11 is 0. The molecule has 1 fully saturated rings. The SMILES string of the molecule is COc1cc(CN(Cc2cccnc2)C(=O)c2n[nH]c3c2CCCC3)ccc1OC1CCOC1. The Kier molecular flexibility index (Phi) is 6.76. The number of aryl methyl sites for hydroxylation is 1. The van der Waals surface area contributed by atoms with Gasteiger partial charge in [-0.15, -0.1) is 0 Å². The van der Waals surface area contributed by atoms with Crippen LogP contribution < -0.4 is 9.47 Å². The maximum Gasteiger partial charge on any atom is 0.275 e. The summed E-state index contributed by atoms with van der Waals surface area (Å²) in [6.07, 6.45) is 8.48. The molecule has 178 valence electrons. The molecule has 0 bridgehead atoms. The maximum absolute atomic E-state index is 13.7. The van der Waals surface area contributed by atoms with Crippen LogP contribution in [0.5, 0.6) is 11.5 Å². The Balaban J connectivity index is 1.40. The van der Waals surface area contributed by atoms with Gasteiger partial charge >= 0.3 is 0 Å². The Morgan fingerprint density at radius 3 is 2.85 bits per heavy atom. The third kappa shape index (κ3) is 4.92. The Labute approximate surface area is 199 Å². The monoisotopic (exact) mass is 462 g/mol. The number of fused-ring (bicyclic) bond motifs is 1. The number of methoxy groups -OCH3 is 1. The van der Waals surface area contributed by atoms with Crippen molar-refractivity contribution in [2.24, 2.45) is 0 Å². The predicted octanol–water partition coefficient (Wildman–Crippen LogP) is 3.70. The molecule has 0 spiro atoms. The van der Waals surface area contributed by atoms with Crippen LogP contribution in [0.3, 0.4) is 0 Å². The van der Waals surface area contributed by atoms with E-state index in [4.69, 9.17) is 14.2 Å². The van der Waals surface area contributed by atoms with Gasteiger partial charge in [-0.2, -0.15) is 5.10 Å². The molecule has 34 heavy (non-hydrogen) atoms. The van der Waals surface area contributed by atoms with Crippen molar-refractivity contribution in [3.8, 4) is 11.5 Å². The Bertz CT molecular complexity index is 1130. The lowest BCUT2D eigenvalue weighted by Gasteiger charge is -2.24. The summed E-state index contributed by atoms with van der Waals surface area (Å²) in [5.74, 6) is 1.26. The van der Waals surface area contributed by atoms with Crippen LogP contribution in [0.25, 0.3) is 0 Å². The molecule has 0 radical (unpaired) electrons. The molecule has 3 heterocycles. The highest BCUT2D eigenvalue weighted by Crippen LogP contribution is 2.31. The fourth-order valence-electron chi connectivity index (χ4n) is 4.63. The fraction of sp³-hybridized carbons (Fsp3) is 0.423. The van der Waals surface area contributed by atoms with Crippen molar-refractivity contribution in [2.45, 2.75) is 51.3 Å². The van der Waals surface area contributed by atoms with Crippen molar-refractivity contribution in [1.82, 2.24) is 20.1 Å². The number of hydrogen-bond acceptors (Lipinski definition) is 6. The average Bonchev–Trinajstić information content (AvgIpc) is 3.55. The Hall–Kier alpha value is -3.39. The number of ether oxygens (including phenoxy) is 3. The zero-order valence-corrected chi connectivity index (χ0v) is 19.5. The number of aromatic amines is 1. The van der Waals surface area contributed by atoms with E-state index in [0.29, 0.717) is 43.5 Å². The maximum atomic E-state index is 13.7. The van der Waals surface area contributed by atoms with Gasteiger partial charge in [0.15, 0.2) is 17.2 Å². The van der Waals surface area contributed by atoms with E-state index in [9.17, 15) is 4.79 Å². The minimum Gasteiger partial charge on any atom is -0.493 e. The third-order valence-electron chi connectivity index (χ3n) is 6.43. The largest absolute Gasteiger partial charge is 0.493 e. The summed E-state index contributed by atoms with van der Waals surface area (Å²) in [6, 6.07) is 9.70. The highest BCUT2D eigenvalue weighted by molar-refractivity contribution is 5.94. The zero-order valence-electron chi connectivity index (χ0n) is 19.5. The number of benzene rings is 1. The van der Waals surface area contributed by atoms with Crippen LogP contribution >= 0.6 is 0 Å². The van der Waals surface area contributed by atoms with Gasteiger partial charge in [-0.3, -0.25) is 14.9 Å². The number of carbonyl (C=O) groups is 1. The first-order chi connectivity index (χ1) is 16.7. The van der Waals surface area contributed by atoms with Crippen LogP contribution in [0.2, 0.25) is 0 Å². The van der Waals surface area contributed by atoms with Gasteiger partial charge in [0.2, 0.25) is 0 Å². The molecule has 1 N–H and O–H groups in total. The first-order valence-corrected chi connectivity index (χ1v) is 11.9. The van der Waals surface area contributed by atoms with E-state index >= 15 is 0 Å². The predicted molar refractivity (Wildman–Crippen MR) is 126 cm³/mol. The van der Waals surface area contributed by atoms with E-state index < -0.39 is 0 Å². The lowest BCUT2D eigenvalue weighted by molar-refractivity contribution is 0.0722. The molecular weight excluding hydrogens is 432 g/mol. The van der Waals surface area contributed by atoms with Gasteiger partial charge in [0.05, 0.1) is 20.3 Å². The normalized spacial score (nSPS) is 17.3. The first-order valence-electron chi connectivity index (χ1n) is 11.9. The Morgan fingerprint density at radius 1 is 1.18 bits per heavy atom. The second-order valence-corrected chi connectivity index (χ2v) is 8.85. The van der Waals surface area contributed by atoms with Crippen molar-refractivity contribution < 1.29 is 19.0 Å². The van der Waals surface area contributed by atoms with Gasteiger partial charge in [0.25, 0.3) is 5.91 Å². The minimum atomic E-state index is -0.0781. The molecule has 2 aromatic heterocycles. The van der Waals surface area contributed by atoms with Crippen LogP contribution in [0.15, 0.2) is 42.7 Å². The zero-order chi connectivity index (χ0) is 23.3. The van der Waals surface area contributed by atoms with Crippen LogP contribution in [-0.2, 0) is 30.7 Å². The molecule has 1 unspecified atom stereocenters. The van der Waals surface area contributed by atoms with E-state index in [2.05, 4.69) is 15.2 Å². The highest BCUT2D eigenvalue weighted by Gasteiger charge is 2.26. The minimum absolute atomic E-state index is 0.0363. The van der Waals surface area contributed by atoms with Crippen molar-refractivity contribution in [1.29, 1.82) is 0 Å². The Morgan fingerprint density at radius 2 is 2.06 bits per heavy atom. The quantitative estimate of drug-likeness (QED) is 0.549. The molecule has 0 saturated carbocycles. The highest BCUT2D eigenvalue weighted by atomic mass is 16.6. The van der Waals surface area contributed by atoms with Crippen molar-refractivity contribution >= 4 is 5.91 Å². The van der Waals surface area contributed by atoms with E-state index in [-0.39, 0.29) is 12.0 Å². The lowest BCUT2D eigenvalue weighted by atomic mass is 9.95. The molecule has 1 aromatic carbocycles. The molecule has 8 nitrogen and oxygen atoms in total. The summed E-state index contributed by atoms with van der Waals surface area (Å²) in [5, 5.41) is 7.51. The number of carbonyl (C=O) groups excluding carboxylic acids is 1. The second kappa shape index (κ2) is 10.3. The number of nitrogens with one attached hydrogen (secondary N) is 1. The van der Waals surface area contributed by atoms with Crippen molar-refractivity contribution in [3.63, 3.8) is 0 Å². The van der Waals surface area contributed by atoms with Crippen LogP contribution in [0.1, 0.15) is 52.1 Å². The smallest absolute Gasteiger partial charge is 0.275 e. The topological polar surface area (TPSA) is 89.6 Å². The number of rotatable bonds is 8. The first kappa shape index (κ1) is 22.4. The van der Waals surface area contributed by atoms with Crippen LogP contribution in [-0.4, -0.2) is 52.4 Å². The van der Waals surface area contributed by atoms with Crippen LogP contribution in [0.4, 0.5) is 0 Å². The van der Waals surface area contributed by atoms with E-state index in [1.165, 1.54) is 0 Å². The average molecular weight is 463 g/mol. The molecule has 1 amide bonds. The van der Waals surface area contributed by atoms with E-state index in [1.54, 1.807) is 19.5 Å². The molecule has 1 atom stereocenters. The van der Waals surface area contributed by atoms with Gasteiger partial charge in [-0.25, -0.2) is 0 Å². The van der Waals surface area contributed by atoms with Crippen molar-refractivity contribution in [3.05, 3.63) is 70.8 Å². The molecule has 5 rings (SSSR count). The molecular formula is C26H30N4O4. The van der Waals surface area contributed by atoms with Gasteiger partial charge in [-0.05, 0) is 55.0 Å². The fourth-order valence-corrected chi connectivity index (χ4v) is 4.63. The van der Waals surface area contributed by atoms with Crippen LogP contribution in [0, 0.1) is 0 Å². The molecule has 1 saturated heterocycles. The number of amides is 1. The molecule has 2 aliphatic rings. The van der Waals surface area contributed by atoms with Gasteiger partial charge in [0.1, 0.15) is 6.10 Å². The lowest BCUT2D eigenvalue weighted by Crippen LogP contribution is -2.31. The summed E-state index contributed by atoms with van der Waals surface area (Å²) in [4.78, 5) is 19.7. The van der Waals surface area contributed by atoms with Gasteiger partial charge in [-0.1, -0.05) is 12.1 Å². The summed E-state index contributed by atoms with van der Waals surface area (Å²) in [5.41, 5.74) is 4.61. The van der Waals surface area contributed by atoms with Gasteiger partial charge < -0.3 is 19.1 Å². The van der Waals surface area contributed by atoms with E-state index in [1.807, 2.05) is 35.2 Å². The number of nitrogens with zero attached hydrogens (tertiary/aromatic N) is 3. The summed E-state index contributed by atoms with van der Waals surface area (Å²) in [7, 11) is 1.63. The second-order valence-electron chi connectivity index (χ2n) is 8.85.